The summed E-state index contributed by atoms with van der Waals surface area (Å²) >= 11 is 0. The Bertz CT molecular complexity index is 488. The Labute approximate surface area is 132 Å². The van der Waals surface area contributed by atoms with Crippen molar-refractivity contribution in [2.24, 2.45) is 0 Å². The number of hydrogen-bond donors (Lipinski definition) is 2. The van der Waals surface area contributed by atoms with E-state index in [-0.39, 0.29) is 6.03 Å². The maximum Gasteiger partial charge on any atom is 0.319 e. The Morgan fingerprint density at radius 2 is 2.05 bits per heavy atom. The van der Waals surface area contributed by atoms with Gasteiger partial charge in [0.2, 0.25) is 0 Å². The van der Waals surface area contributed by atoms with Crippen LogP contribution in [0.2, 0.25) is 0 Å². The first-order chi connectivity index (χ1) is 10.6. The van der Waals surface area contributed by atoms with Gasteiger partial charge in [-0.05, 0) is 51.7 Å². The second-order valence-electron chi connectivity index (χ2n) is 6.05. The molecule has 1 aliphatic rings. The van der Waals surface area contributed by atoms with E-state index in [1.807, 2.05) is 26.8 Å². The molecule has 1 fully saturated rings. The molecule has 1 aromatic heterocycles. The molecule has 22 heavy (non-hydrogen) atoms. The van der Waals surface area contributed by atoms with Crippen molar-refractivity contribution in [2.75, 3.05) is 18.5 Å². The quantitative estimate of drug-likeness (QED) is 0.791. The van der Waals surface area contributed by atoms with Gasteiger partial charge in [0.15, 0.2) is 0 Å². The monoisotopic (exact) mass is 305 g/mol. The van der Waals surface area contributed by atoms with Gasteiger partial charge >= 0.3 is 6.03 Å². The van der Waals surface area contributed by atoms with Gasteiger partial charge in [-0.1, -0.05) is 12.8 Å². The van der Waals surface area contributed by atoms with E-state index in [1.165, 1.54) is 25.7 Å². The largest absolute Gasteiger partial charge is 0.378 e. The van der Waals surface area contributed by atoms with Gasteiger partial charge in [-0.25, -0.2) is 4.79 Å². The zero-order chi connectivity index (χ0) is 15.9. The van der Waals surface area contributed by atoms with E-state index >= 15 is 0 Å². The lowest BCUT2D eigenvalue weighted by Gasteiger charge is -2.13. The molecule has 0 radical (unpaired) electrons. The number of urea groups is 1. The predicted molar refractivity (Wildman–Crippen MR) is 88.3 cm³/mol. The lowest BCUT2D eigenvalue weighted by atomic mass is 10.1. The lowest BCUT2D eigenvalue weighted by Crippen LogP contribution is -2.31. The minimum atomic E-state index is -0.183. The van der Waals surface area contributed by atoms with Crippen LogP contribution in [0.5, 0.6) is 0 Å². The second-order valence-corrected chi connectivity index (χ2v) is 6.05. The van der Waals surface area contributed by atoms with E-state index in [9.17, 15) is 4.79 Å². The van der Waals surface area contributed by atoms with Crippen LogP contribution in [0.15, 0.2) is 6.07 Å². The van der Waals surface area contributed by atoms with E-state index in [0.29, 0.717) is 12.6 Å². The van der Waals surface area contributed by atoms with E-state index in [1.54, 1.807) is 0 Å². The third kappa shape index (κ3) is 4.98. The average Bonchev–Trinajstić information content (AvgIpc) is 2.95. The van der Waals surface area contributed by atoms with Gasteiger partial charge in [0, 0.05) is 18.8 Å². The number of pyridine rings is 1. The minimum absolute atomic E-state index is 0.183. The zero-order valence-electron chi connectivity index (χ0n) is 13.9. The highest BCUT2D eigenvalue weighted by molar-refractivity contribution is 5.90. The summed E-state index contributed by atoms with van der Waals surface area (Å²) in [5.41, 5.74) is 3.64. The van der Waals surface area contributed by atoms with Crippen LogP contribution >= 0.6 is 0 Å². The third-order valence-electron chi connectivity index (χ3n) is 4.03. The molecule has 122 valence electrons. The molecular formula is C17H27N3O2. The number of carbonyl (C=O) groups excluding carboxylic acids is 1. The highest BCUT2D eigenvalue weighted by Gasteiger charge is 2.14. The summed E-state index contributed by atoms with van der Waals surface area (Å²) in [5.74, 6) is 0. The Morgan fingerprint density at radius 1 is 1.32 bits per heavy atom. The molecule has 1 saturated carbocycles. The minimum Gasteiger partial charge on any atom is -0.378 e. The molecule has 2 rings (SSSR count). The van der Waals surface area contributed by atoms with Crippen molar-refractivity contribution < 1.29 is 9.53 Å². The first kappa shape index (κ1) is 16.7. The van der Waals surface area contributed by atoms with Gasteiger partial charge in [-0.15, -0.1) is 0 Å². The van der Waals surface area contributed by atoms with Crippen LogP contribution in [0.25, 0.3) is 0 Å². The molecule has 1 aliphatic carbocycles. The van der Waals surface area contributed by atoms with Crippen molar-refractivity contribution in [1.29, 1.82) is 0 Å². The molecule has 0 bridgehead atoms. The van der Waals surface area contributed by atoms with Gasteiger partial charge in [0.25, 0.3) is 0 Å². The van der Waals surface area contributed by atoms with Crippen LogP contribution in [0, 0.1) is 20.8 Å². The second kappa shape index (κ2) is 8.13. The molecule has 0 aromatic carbocycles. The summed E-state index contributed by atoms with van der Waals surface area (Å²) in [6, 6.07) is 1.79. The van der Waals surface area contributed by atoms with Crippen LogP contribution in [-0.2, 0) is 4.74 Å². The fourth-order valence-corrected chi connectivity index (χ4v) is 2.95. The Morgan fingerprint density at radius 3 is 2.73 bits per heavy atom. The fourth-order valence-electron chi connectivity index (χ4n) is 2.95. The number of amides is 2. The molecule has 2 N–H and O–H groups in total. The number of ether oxygens (including phenoxy) is 1. The topological polar surface area (TPSA) is 63.2 Å². The van der Waals surface area contributed by atoms with Gasteiger partial charge in [0.1, 0.15) is 0 Å². The van der Waals surface area contributed by atoms with Crippen LogP contribution in [0.1, 0.15) is 49.1 Å². The Balaban J connectivity index is 1.67. The summed E-state index contributed by atoms with van der Waals surface area (Å²) in [6.45, 7) is 7.18. The molecule has 0 aliphatic heterocycles. The standard InChI is InChI=1S/C17H27N3O2/c1-12-11-13(2)19-14(3)16(12)20-17(21)18-9-6-10-22-15-7-4-5-8-15/h11,15H,4-10H2,1-3H3,(H2,18,20,21). The number of rotatable bonds is 6. The molecule has 0 atom stereocenters. The lowest BCUT2D eigenvalue weighted by molar-refractivity contribution is 0.0572. The molecule has 1 heterocycles. The van der Waals surface area contributed by atoms with E-state index < -0.39 is 0 Å². The number of aromatic nitrogens is 1. The number of aryl methyl sites for hydroxylation is 3. The molecule has 5 heteroatoms. The molecule has 1 aromatic rings. The summed E-state index contributed by atoms with van der Waals surface area (Å²) in [5, 5.41) is 5.75. The van der Waals surface area contributed by atoms with Crippen molar-refractivity contribution in [3.05, 3.63) is 23.0 Å². The average molecular weight is 305 g/mol. The highest BCUT2D eigenvalue weighted by atomic mass is 16.5. The van der Waals surface area contributed by atoms with E-state index in [4.69, 9.17) is 4.74 Å². The number of nitrogens with zero attached hydrogens (tertiary/aromatic N) is 1. The van der Waals surface area contributed by atoms with Crippen molar-refractivity contribution in [2.45, 2.75) is 59.0 Å². The number of anilines is 1. The molecule has 5 nitrogen and oxygen atoms in total. The van der Waals surface area contributed by atoms with Gasteiger partial charge in [-0.2, -0.15) is 0 Å². The summed E-state index contributed by atoms with van der Waals surface area (Å²) in [6.07, 6.45) is 6.23. The first-order valence-corrected chi connectivity index (χ1v) is 8.17. The van der Waals surface area contributed by atoms with Crippen molar-refractivity contribution >= 4 is 11.7 Å². The number of nitrogens with one attached hydrogen (secondary N) is 2. The molecule has 2 amide bonds. The number of hydrogen-bond acceptors (Lipinski definition) is 3. The summed E-state index contributed by atoms with van der Waals surface area (Å²) in [4.78, 5) is 16.3. The molecule has 0 spiro atoms. The van der Waals surface area contributed by atoms with Crippen LogP contribution in [0.4, 0.5) is 10.5 Å². The summed E-state index contributed by atoms with van der Waals surface area (Å²) < 4.78 is 5.77. The normalized spacial score (nSPS) is 15.0. The molecular weight excluding hydrogens is 278 g/mol. The van der Waals surface area contributed by atoms with E-state index in [2.05, 4.69) is 15.6 Å². The maximum absolute atomic E-state index is 11.9. The maximum atomic E-state index is 11.9. The van der Waals surface area contributed by atoms with E-state index in [0.717, 1.165) is 35.7 Å². The van der Waals surface area contributed by atoms with Crippen molar-refractivity contribution in [1.82, 2.24) is 10.3 Å². The van der Waals surface area contributed by atoms with Crippen LogP contribution < -0.4 is 10.6 Å². The molecule has 0 saturated heterocycles. The smallest absolute Gasteiger partial charge is 0.319 e. The Hall–Kier alpha value is -1.62. The first-order valence-electron chi connectivity index (χ1n) is 8.17. The SMILES string of the molecule is Cc1cc(C)c(NC(=O)NCCCOC2CCCC2)c(C)n1. The predicted octanol–water partition coefficient (Wildman–Crippen LogP) is 3.48. The number of carbonyl (C=O) groups is 1. The fraction of sp³-hybridized carbons (Fsp3) is 0.647. The van der Waals surface area contributed by atoms with Gasteiger partial charge < -0.3 is 15.4 Å². The van der Waals surface area contributed by atoms with Crippen molar-refractivity contribution in [3.8, 4) is 0 Å². The van der Waals surface area contributed by atoms with Crippen LogP contribution in [-0.4, -0.2) is 30.3 Å². The molecule has 0 unspecified atom stereocenters. The zero-order valence-corrected chi connectivity index (χ0v) is 13.9. The van der Waals surface area contributed by atoms with Gasteiger partial charge in [-0.3, -0.25) is 4.98 Å². The third-order valence-corrected chi connectivity index (χ3v) is 4.03. The van der Waals surface area contributed by atoms with Gasteiger partial charge in [0.05, 0.1) is 17.5 Å². The van der Waals surface area contributed by atoms with Crippen molar-refractivity contribution in [3.63, 3.8) is 0 Å². The summed E-state index contributed by atoms with van der Waals surface area (Å²) in [7, 11) is 0. The highest BCUT2D eigenvalue weighted by Crippen LogP contribution is 2.21. The van der Waals surface area contributed by atoms with Crippen LogP contribution in [0.3, 0.4) is 0 Å². The Kier molecular flexibility index (Phi) is 6.19.